The lowest BCUT2D eigenvalue weighted by Crippen LogP contribution is -2.16. The first-order chi connectivity index (χ1) is 5.65. The topological polar surface area (TPSA) is 17.3 Å². The van der Waals surface area contributed by atoms with Gasteiger partial charge in [0.05, 0.1) is 0 Å². The zero-order chi connectivity index (χ0) is 9.14. The second-order valence-electron chi connectivity index (χ2n) is 2.59. The number of aromatic nitrogens is 1. The summed E-state index contributed by atoms with van der Waals surface area (Å²) in [5.74, 6) is 0. The summed E-state index contributed by atoms with van der Waals surface area (Å²) in [6.07, 6.45) is 3.56. The maximum absolute atomic E-state index is 4.11. The van der Waals surface area contributed by atoms with E-state index in [1.54, 1.807) is 0 Å². The van der Waals surface area contributed by atoms with E-state index in [4.69, 9.17) is 0 Å². The highest BCUT2D eigenvalue weighted by Gasteiger charge is 1.94. The fraction of sp³-hybridized carbons (Fsp3) is 0.222. The molecule has 0 unspecified atom stereocenters. The number of pyridine rings is 1. The third kappa shape index (κ3) is 1.85. The zero-order valence-electron chi connectivity index (χ0n) is 7.21. The predicted octanol–water partition coefficient (Wildman–Crippen LogP) is 2.14. The molecule has 2 nitrogen and oxygen atoms in total. The van der Waals surface area contributed by atoms with Gasteiger partial charge in [0.1, 0.15) is 5.49 Å². The third-order valence-corrected chi connectivity index (χ3v) is 2.46. The standard InChI is InChI=1S/C9H11BrN2/c1-4-11-9-5-8(10)7(2)6-12(9)3/h4-6H,1H2,2-3H3. The van der Waals surface area contributed by atoms with Crippen molar-refractivity contribution in [3.05, 3.63) is 40.6 Å². The molecule has 0 atom stereocenters. The highest BCUT2D eigenvalue weighted by atomic mass is 79.9. The van der Waals surface area contributed by atoms with Crippen LogP contribution in [0.5, 0.6) is 0 Å². The number of aryl methyl sites for hydroxylation is 2. The molecule has 1 heterocycles. The molecule has 0 aliphatic carbocycles. The van der Waals surface area contributed by atoms with Gasteiger partial charge in [-0.05, 0) is 18.6 Å². The monoisotopic (exact) mass is 226 g/mol. The van der Waals surface area contributed by atoms with E-state index in [0.29, 0.717) is 0 Å². The van der Waals surface area contributed by atoms with Crippen molar-refractivity contribution in [2.45, 2.75) is 6.92 Å². The van der Waals surface area contributed by atoms with Crippen LogP contribution in [0.25, 0.3) is 0 Å². The molecule has 3 heteroatoms. The van der Waals surface area contributed by atoms with Crippen molar-refractivity contribution in [2.24, 2.45) is 12.0 Å². The van der Waals surface area contributed by atoms with E-state index in [-0.39, 0.29) is 0 Å². The fourth-order valence-corrected chi connectivity index (χ4v) is 1.28. The molecule has 0 fully saturated rings. The molecule has 1 rings (SSSR count). The Morgan fingerprint density at radius 1 is 1.67 bits per heavy atom. The molecule has 1 aromatic rings. The van der Waals surface area contributed by atoms with Gasteiger partial charge in [0.15, 0.2) is 0 Å². The molecule has 0 bridgehead atoms. The van der Waals surface area contributed by atoms with E-state index >= 15 is 0 Å². The van der Waals surface area contributed by atoms with Gasteiger partial charge in [-0.3, -0.25) is 0 Å². The van der Waals surface area contributed by atoms with Gasteiger partial charge >= 0.3 is 0 Å². The number of rotatable bonds is 1. The normalized spacial score (nSPS) is 11.8. The second-order valence-corrected chi connectivity index (χ2v) is 3.44. The van der Waals surface area contributed by atoms with Crippen LogP contribution >= 0.6 is 15.9 Å². The van der Waals surface area contributed by atoms with Crippen LogP contribution in [0.4, 0.5) is 0 Å². The molecule has 0 aromatic carbocycles. The minimum Gasteiger partial charge on any atom is -0.336 e. The molecule has 0 aliphatic rings. The van der Waals surface area contributed by atoms with Gasteiger partial charge in [-0.1, -0.05) is 22.5 Å². The first kappa shape index (κ1) is 9.26. The van der Waals surface area contributed by atoms with Crippen molar-refractivity contribution in [3.63, 3.8) is 0 Å². The molecule has 0 aliphatic heterocycles. The first-order valence-corrected chi connectivity index (χ1v) is 4.42. The molecule has 1 aromatic heterocycles. The highest BCUT2D eigenvalue weighted by molar-refractivity contribution is 9.10. The molecule has 0 saturated carbocycles. The van der Waals surface area contributed by atoms with Crippen molar-refractivity contribution in [1.82, 2.24) is 4.57 Å². The maximum Gasteiger partial charge on any atom is 0.133 e. The average Bonchev–Trinajstić information content (AvgIpc) is 2.01. The summed E-state index contributed by atoms with van der Waals surface area (Å²) >= 11 is 3.44. The predicted molar refractivity (Wildman–Crippen MR) is 53.6 cm³/mol. The Morgan fingerprint density at radius 3 is 2.92 bits per heavy atom. The Labute approximate surface area is 80.4 Å². The smallest absolute Gasteiger partial charge is 0.133 e. The van der Waals surface area contributed by atoms with Gasteiger partial charge in [0.25, 0.3) is 0 Å². The maximum atomic E-state index is 4.11. The summed E-state index contributed by atoms with van der Waals surface area (Å²) in [4.78, 5) is 4.11. The molecule has 64 valence electrons. The van der Waals surface area contributed by atoms with Gasteiger partial charge in [-0.25, -0.2) is 4.99 Å². The Hall–Kier alpha value is -0.830. The lowest BCUT2D eigenvalue weighted by molar-refractivity contribution is 0.824. The summed E-state index contributed by atoms with van der Waals surface area (Å²) in [5, 5.41) is 0. The lowest BCUT2D eigenvalue weighted by Gasteiger charge is -2.02. The highest BCUT2D eigenvalue weighted by Crippen LogP contribution is 2.11. The van der Waals surface area contributed by atoms with Crippen LogP contribution in [0.1, 0.15) is 5.56 Å². The molecule has 0 radical (unpaired) electrons. The van der Waals surface area contributed by atoms with E-state index in [0.717, 1.165) is 9.96 Å². The summed E-state index contributed by atoms with van der Waals surface area (Å²) in [5.41, 5.74) is 2.09. The molecular weight excluding hydrogens is 216 g/mol. The van der Waals surface area contributed by atoms with Crippen LogP contribution in [-0.4, -0.2) is 4.57 Å². The Bertz CT molecular complexity index is 363. The van der Waals surface area contributed by atoms with Gasteiger partial charge < -0.3 is 4.57 Å². The Morgan fingerprint density at radius 2 is 2.33 bits per heavy atom. The van der Waals surface area contributed by atoms with Crippen LogP contribution in [0.2, 0.25) is 0 Å². The Kier molecular flexibility index (Phi) is 2.87. The molecule has 0 amide bonds. The van der Waals surface area contributed by atoms with E-state index in [2.05, 4.69) is 27.5 Å². The quantitative estimate of drug-likeness (QED) is 0.699. The van der Waals surface area contributed by atoms with E-state index < -0.39 is 0 Å². The zero-order valence-corrected chi connectivity index (χ0v) is 8.80. The van der Waals surface area contributed by atoms with Crippen LogP contribution in [-0.2, 0) is 7.05 Å². The second kappa shape index (κ2) is 3.72. The van der Waals surface area contributed by atoms with Crippen molar-refractivity contribution >= 4 is 15.9 Å². The molecule has 12 heavy (non-hydrogen) atoms. The Balaban J connectivity index is 3.43. The van der Waals surface area contributed by atoms with Crippen molar-refractivity contribution in [2.75, 3.05) is 0 Å². The summed E-state index contributed by atoms with van der Waals surface area (Å²) in [6.45, 7) is 5.60. The molecule has 0 spiro atoms. The third-order valence-electron chi connectivity index (χ3n) is 1.60. The first-order valence-electron chi connectivity index (χ1n) is 3.62. The minimum atomic E-state index is 0.891. The molecule has 0 saturated heterocycles. The van der Waals surface area contributed by atoms with Gasteiger partial charge in [-0.2, -0.15) is 0 Å². The number of hydrogen-bond acceptors (Lipinski definition) is 1. The van der Waals surface area contributed by atoms with Gasteiger partial charge in [0, 0.05) is 23.9 Å². The van der Waals surface area contributed by atoms with Crippen LogP contribution in [0, 0.1) is 6.92 Å². The van der Waals surface area contributed by atoms with Crippen LogP contribution < -0.4 is 5.49 Å². The largest absolute Gasteiger partial charge is 0.336 e. The number of nitrogens with zero attached hydrogens (tertiary/aromatic N) is 2. The van der Waals surface area contributed by atoms with E-state index in [1.807, 2.05) is 30.8 Å². The van der Waals surface area contributed by atoms with Crippen LogP contribution in [0.3, 0.4) is 0 Å². The lowest BCUT2D eigenvalue weighted by atomic mass is 10.3. The van der Waals surface area contributed by atoms with Gasteiger partial charge in [0.2, 0.25) is 0 Å². The van der Waals surface area contributed by atoms with Gasteiger partial charge in [-0.15, -0.1) is 0 Å². The minimum absolute atomic E-state index is 0.891. The summed E-state index contributed by atoms with van der Waals surface area (Å²) in [6, 6.07) is 1.97. The van der Waals surface area contributed by atoms with Crippen LogP contribution in [0.15, 0.2) is 34.5 Å². The average molecular weight is 227 g/mol. The van der Waals surface area contributed by atoms with Crippen molar-refractivity contribution in [1.29, 1.82) is 0 Å². The van der Waals surface area contributed by atoms with E-state index in [1.165, 1.54) is 11.8 Å². The number of halogens is 1. The molecule has 0 N–H and O–H groups in total. The fourth-order valence-electron chi connectivity index (χ4n) is 0.969. The van der Waals surface area contributed by atoms with Crippen molar-refractivity contribution < 1.29 is 0 Å². The number of hydrogen-bond donors (Lipinski definition) is 0. The summed E-state index contributed by atoms with van der Waals surface area (Å²) < 4.78 is 3.03. The van der Waals surface area contributed by atoms with E-state index in [9.17, 15) is 0 Å². The SMILES string of the molecule is C=CN=c1cc(Br)c(C)cn1C. The summed E-state index contributed by atoms with van der Waals surface area (Å²) in [7, 11) is 1.96. The van der Waals surface area contributed by atoms with Crippen molar-refractivity contribution in [3.8, 4) is 0 Å². The molecular formula is C9H11BrN2.